The molecule has 2 atom stereocenters. The Morgan fingerprint density at radius 3 is 2.59 bits per heavy atom. The number of nitrogens with zero attached hydrogens (tertiary/aromatic N) is 2. The van der Waals surface area contributed by atoms with Crippen molar-refractivity contribution in [1.29, 1.82) is 0 Å². The standard InChI is InChI=1S/C11H19BrN4O/c1-4-13-10-9(12)11(15-6-14-10)16-8(3)7(2)5-17/h6-8,17H,4-5H2,1-3H3,(H2,13,14,15,16). The fourth-order valence-corrected chi connectivity index (χ4v) is 1.74. The van der Waals surface area contributed by atoms with Crippen molar-refractivity contribution in [3.05, 3.63) is 10.8 Å². The number of aliphatic hydroxyl groups excluding tert-OH is 1. The molecule has 3 N–H and O–H groups in total. The van der Waals surface area contributed by atoms with Crippen LogP contribution < -0.4 is 10.6 Å². The third-order valence-corrected chi connectivity index (χ3v) is 3.39. The maximum atomic E-state index is 9.09. The van der Waals surface area contributed by atoms with Crippen LogP contribution in [0.4, 0.5) is 11.6 Å². The van der Waals surface area contributed by atoms with E-state index in [0.29, 0.717) is 0 Å². The summed E-state index contributed by atoms with van der Waals surface area (Å²) < 4.78 is 0.818. The molecule has 2 unspecified atom stereocenters. The van der Waals surface area contributed by atoms with Crippen molar-refractivity contribution in [1.82, 2.24) is 9.97 Å². The Morgan fingerprint density at radius 2 is 2.00 bits per heavy atom. The van der Waals surface area contributed by atoms with Crippen LogP contribution in [0, 0.1) is 5.92 Å². The molecule has 1 heterocycles. The van der Waals surface area contributed by atoms with Gasteiger partial charge in [0.2, 0.25) is 0 Å². The first kappa shape index (κ1) is 14.2. The highest BCUT2D eigenvalue weighted by atomic mass is 79.9. The molecular weight excluding hydrogens is 284 g/mol. The van der Waals surface area contributed by atoms with Crippen molar-refractivity contribution in [2.24, 2.45) is 5.92 Å². The van der Waals surface area contributed by atoms with Gasteiger partial charge in [0.05, 0.1) is 0 Å². The Balaban J connectivity index is 2.80. The molecule has 1 aromatic rings. The van der Waals surface area contributed by atoms with E-state index in [0.717, 1.165) is 22.7 Å². The van der Waals surface area contributed by atoms with Gasteiger partial charge in [-0.3, -0.25) is 0 Å². The quantitative estimate of drug-likeness (QED) is 0.751. The van der Waals surface area contributed by atoms with E-state index in [1.54, 1.807) is 0 Å². The lowest BCUT2D eigenvalue weighted by Gasteiger charge is -2.21. The molecule has 0 radical (unpaired) electrons. The molecule has 0 amide bonds. The summed E-state index contributed by atoms with van der Waals surface area (Å²) in [6.45, 7) is 6.97. The van der Waals surface area contributed by atoms with Crippen LogP contribution >= 0.6 is 15.9 Å². The van der Waals surface area contributed by atoms with Gasteiger partial charge in [-0.2, -0.15) is 0 Å². The normalized spacial score (nSPS) is 14.2. The van der Waals surface area contributed by atoms with Crippen LogP contribution in [-0.2, 0) is 0 Å². The van der Waals surface area contributed by atoms with E-state index in [-0.39, 0.29) is 18.6 Å². The van der Waals surface area contributed by atoms with Gasteiger partial charge >= 0.3 is 0 Å². The Kier molecular flexibility index (Phi) is 5.64. The molecule has 0 fully saturated rings. The van der Waals surface area contributed by atoms with Crippen LogP contribution in [0.15, 0.2) is 10.8 Å². The maximum Gasteiger partial charge on any atom is 0.146 e. The Morgan fingerprint density at radius 1 is 1.35 bits per heavy atom. The van der Waals surface area contributed by atoms with E-state index >= 15 is 0 Å². The van der Waals surface area contributed by atoms with Crippen molar-refractivity contribution in [2.75, 3.05) is 23.8 Å². The van der Waals surface area contributed by atoms with Crippen molar-refractivity contribution < 1.29 is 5.11 Å². The molecule has 6 heteroatoms. The summed E-state index contributed by atoms with van der Waals surface area (Å²) in [5.74, 6) is 1.68. The molecule has 0 aromatic carbocycles. The van der Waals surface area contributed by atoms with Gasteiger partial charge in [-0.25, -0.2) is 9.97 Å². The average Bonchev–Trinajstić information content (AvgIpc) is 2.33. The number of anilines is 2. The number of nitrogens with one attached hydrogen (secondary N) is 2. The van der Waals surface area contributed by atoms with E-state index in [9.17, 15) is 0 Å². The number of hydrogen-bond donors (Lipinski definition) is 3. The van der Waals surface area contributed by atoms with E-state index in [1.807, 2.05) is 20.8 Å². The first-order valence-corrected chi connectivity index (χ1v) is 6.51. The predicted molar refractivity (Wildman–Crippen MR) is 73.2 cm³/mol. The fourth-order valence-electron chi connectivity index (χ4n) is 1.28. The van der Waals surface area contributed by atoms with Crippen molar-refractivity contribution in [2.45, 2.75) is 26.8 Å². The van der Waals surface area contributed by atoms with Gasteiger partial charge in [0, 0.05) is 19.2 Å². The molecule has 0 saturated carbocycles. The molecule has 5 nitrogen and oxygen atoms in total. The molecule has 0 saturated heterocycles. The summed E-state index contributed by atoms with van der Waals surface area (Å²) in [5.41, 5.74) is 0. The molecule has 0 spiro atoms. The minimum Gasteiger partial charge on any atom is -0.396 e. The molecule has 1 rings (SSSR count). The second-order valence-corrected chi connectivity index (χ2v) is 4.80. The van der Waals surface area contributed by atoms with Gasteiger partial charge in [0.25, 0.3) is 0 Å². The minimum atomic E-state index is 0.140. The monoisotopic (exact) mass is 302 g/mol. The van der Waals surface area contributed by atoms with Gasteiger partial charge in [0.1, 0.15) is 22.4 Å². The largest absolute Gasteiger partial charge is 0.396 e. The van der Waals surface area contributed by atoms with Gasteiger partial charge in [-0.05, 0) is 35.7 Å². The summed E-state index contributed by atoms with van der Waals surface area (Å²) in [7, 11) is 0. The van der Waals surface area contributed by atoms with Crippen LogP contribution in [-0.4, -0.2) is 34.3 Å². The summed E-state index contributed by atoms with van der Waals surface area (Å²) in [6, 6.07) is 0.140. The van der Waals surface area contributed by atoms with Gasteiger partial charge in [-0.15, -0.1) is 0 Å². The SMILES string of the molecule is CCNc1ncnc(NC(C)C(C)CO)c1Br. The third-order valence-electron chi connectivity index (χ3n) is 2.64. The topological polar surface area (TPSA) is 70.1 Å². The lowest BCUT2D eigenvalue weighted by Crippen LogP contribution is -2.27. The first-order chi connectivity index (χ1) is 8.10. The minimum absolute atomic E-state index is 0.140. The third kappa shape index (κ3) is 3.81. The van der Waals surface area contributed by atoms with Crippen LogP contribution in [0.3, 0.4) is 0 Å². The van der Waals surface area contributed by atoms with Crippen molar-refractivity contribution in [3.63, 3.8) is 0 Å². The number of rotatable bonds is 6. The predicted octanol–water partition coefficient (Wildman–Crippen LogP) is 2.10. The molecular formula is C11H19BrN4O. The summed E-state index contributed by atoms with van der Waals surface area (Å²) >= 11 is 3.47. The smallest absolute Gasteiger partial charge is 0.146 e. The van der Waals surface area contributed by atoms with E-state index in [4.69, 9.17) is 5.11 Å². The molecule has 0 aliphatic carbocycles. The lowest BCUT2D eigenvalue weighted by molar-refractivity contribution is 0.226. The van der Waals surface area contributed by atoms with Crippen LogP contribution in [0.2, 0.25) is 0 Å². The first-order valence-electron chi connectivity index (χ1n) is 5.71. The van der Waals surface area contributed by atoms with Crippen molar-refractivity contribution >= 4 is 27.6 Å². The zero-order valence-electron chi connectivity index (χ0n) is 10.4. The second kappa shape index (κ2) is 6.76. The molecule has 17 heavy (non-hydrogen) atoms. The van der Waals surface area contributed by atoms with E-state index in [1.165, 1.54) is 6.33 Å². The molecule has 1 aromatic heterocycles. The highest BCUT2D eigenvalue weighted by Gasteiger charge is 2.14. The van der Waals surface area contributed by atoms with Crippen LogP contribution in [0.1, 0.15) is 20.8 Å². The van der Waals surface area contributed by atoms with E-state index in [2.05, 4.69) is 36.5 Å². The van der Waals surface area contributed by atoms with Crippen LogP contribution in [0.25, 0.3) is 0 Å². The van der Waals surface area contributed by atoms with E-state index < -0.39 is 0 Å². The van der Waals surface area contributed by atoms with Gasteiger partial charge in [0.15, 0.2) is 0 Å². The van der Waals surface area contributed by atoms with Gasteiger partial charge < -0.3 is 15.7 Å². The molecule has 96 valence electrons. The zero-order chi connectivity index (χ0) is 12.8. The Labute approximate surface area is 110 Å². The molecule has 0 bridgehead atoms. The number of aromatic nitrogens is 2. The maximum absolute atomic E-state index is 9.09. The lowest BCUT2D eigenvalue weighted by atomic mass is 10.1. The Hall–Kier alpha value is -0.880. The number of aliphatic hydroxyl groups is 1. The second-order valence-electron chi connectivity index (χ2n) is 4.01. The summed E-state index contributed by atoms with van der Waals surface area (Å²) in [5, 5.41) is 15.5. The Bertz CT molecular complexity index is 361. The average molecular weight is 303 g/mol. The van der Waals surface area contributed by atoms with Crippen LogP contribution in [0.5, 0.6) is 0 Å². The summed E-state index contributed by atoms with van der Waals surface area (Å²) in [6.07, 6.45) is 1.52. The van der Waals surface area contributed by atoms with Gasteiger partial charge in [-0.1, -0.05) is 6.92 Å². The highest BCUT2D eigenvalue weighted by Crippen LogP contribution is 2.27. The molecule has 0 aliphatic heterocycles. The summed E-state index contributed by atoms with van der Waals surface area (Å²) in [4.78, 5) is 8.33. The zero-order valence-corrected chi connectivity index (χ0v) is 12.0. The highest BCUT2D eigenvalue weighted by molar-refractivity contribution is 9.10. The fraction of sp³-hybridized carbons (Fsp3) is 0.636. The number of hydrogen-bond acceptors (Lipinski definition) is 5. The number of halogens is 1. The van der Waals surface area contributed by atoms with Crippen molar-refractivity contribution in [3.8, 4) is 0 Å². The molecule has 0 aliphatic rings.